The number of aliphatic imine (C=N–C) groups is 1. The molecule has 0 aliphatic carbocycles. The van der Waals surface area contributed by atoms with Crippen molar-refractivity contribution < 1.29 is 23.4 Å². The van der Waals surface area contributed by atoms with Gasteiger partial charge in [0.2, 0.25) is 5.82 Å². The highest BCUT2D eigenvalue weighted by Gasteiger charge is 2.18. The van der Waals surface area contributed by atoms with Crippen LogP contribution in [-0.2, 0) is 11.3 Å². The van der Waals surface area contributed by atoms with Gasteiger partial charge in [-0.15, -0.1) is 0 Å². The maximum absolute atomic E-state index is 12.8. The number of nitrogens with zero attached hydrogens (tertiary/aromatic N) is 4. The van der Waals surface area contributed by atoms with E-state index in [0.717, 1.165) is 5.56 Å². The van der Waals surface area contributed by atoms with Gasteiger partial charge in [0.15, 0.2) is 6.29 Å². The largest absolute Gasteiger partial charge is 0.436 e. The summed E-state index contributed by atoms with van der Waals surface area (Å²) >= 11 is 5.90. The summed E-state index contributed by atoms with van der Waals surface area (Å²) in [6.45, 7) is 0.402. The van der Waals surface area contributed by atoms with Crippen molar-refractivity contribution >= 4 is 41.4 Å². The molecule has 0 aliphatic heterocycles. The molecular formula is C23H17ClN6O5. The van der Waals surface area contributed by atoms with Gasteiger partial charge < -0.3 is 24.4 Å². The number of hydrogen-bond acceptors (Lipinski definition) is 10. The number of ether oxygens (including phenoxy) is 1. The summed E-state index contributed by atoms with van der Waals surface area (Å²) in [5, 5.41) is 13.3. The van der Waals surface area contributed by atoms with E-state index in [1.165, 1.54) is 18.8 Å². The predicted octanol–water partition coefficient (Wildman–Crippen LogP) is 3.92. The highest BCUT2D eigenvalue weighted by atomic mass is 35.5. The zero-order chi connectivity index (χ0) is 24.5. The van der Waals surface area contributed by atoms with Gasteiger partial charge in [0, 0.05) is 23.8 Å². The molecule has 0 radical (unpaired) electrons. The predicted molar refractivity (Wildman–Crippen MR) is 125 cm³/mol. The molecular weight excluding hydrogens is 476 g/mol. The summed E-state index contributed by atoms with van der Waals surface area (Å²) in [7, 11) is 0. The molecule has 2 heterocycles. The second kappa shape index (κ2) is 11.4. The molecule has 0 unspecified atom stereocenters. The molecule has 0 fully saturated rings. The molecule has 4 rings (SSSR count). The van der Waals surface area contributed by atoms with Crippen LogP contribution in [0.3, 0.4) is 0 Å². The van der Waals surface area contributed by atoms with E-state index in [0.29, 0.717) is 35.2 Å². The minimum absolute atomic E-state index is 0.0161. The van der Waals surface area contributed by atoms with Crippen LogP contribution in [0.2, 0.25) is 5.02 Å². The molecule has 0 saturated heterocycles. The number of aldehydes is 1. The zero-order valence-corrected chi connectivity index (χ0v) is 18.7. The second-order valence-corrected chi connectivity index (χ2v) is 7.24. The average molecular weight is 493 g/mol. The first-order valence-electron chi connectivity index (χ1n) is 10.1. The van der Waals surface area contributed by atoms with Crippen LogP contribution >= 0.6 is 11.6 Å². The third-order valence-corrected chi connectivity index (χ3v) is 4.62. The highest BCUT2D eigenvalue weighted by molar-refractivity contribution is 6.30. The molecule has 35 heavy (non-hydrogen) atoms. The van der Waals surface area contributed by atoms with Gasteiger partial charge in [-0.25, -0.2) is 4.99 Å². The van der Waals surface area contributed by atoms with Crippen LogP contribution in [0.25, 0.3) is 5.57 Å². The molecule has 2 N–H and O–H groups in total. The fourth-order valence-corrected chi connectivity index (χ4v) is 2.83. The van der Waals surface area contributed by atoms with Gasteiger partial charge in [0.25, 0.3) is 17.7 Å². The van der Waals surface area contributed by atoms with E-state index >= 15 is 0 Å². The first-order chi connectivity index (χ1) is 17.1. The van der Waals surface area contributed by atoms with Crippen LogP contribution in [0, 0.1) is 0 Å². The summed E-state index contributed by atoms with van der Waals surface area (Å²) in [5.74, 6) is -0.0177. The van der Waals surface area contributed by atoms with Crippen LogP contribution in [0.1, 0.15) is 22.1 Å². The monoisotopic (exact) mass is 492 g/mol. The number of nitrogens with one attached hydrogen (secondary N) is 2. The molecule has 12 heteroatoms. The van der Waals surface area contributed by atoms with Crippen molar-refractivity contribution in [1.29, 1.82) is 0 Å². The number of carbonyl (C=O) groups excluding carboxylic acids is 2. The number of rotatable bonds is 10. The number of aromatic nitrogens is 3. The smallest absolute Gasteiger partial charge is 0.265 e. The Morgan fingerprint density at radius 1 is 1.09 bits per heavy atom. The van der Waals surface area contributed by atoms with E-state index in [4.69, 9.17) is 25.4 Å². The lowest BCUT2D eigenvalue weighted by Crippen LogP contribution is -2.24. The average Bonchev–Trinajstić information content (AvgIpc) is 3.56. The van der Waals surface area contributed by atoms with Gasteiger partial charge in [-0.3, -0.25) is 9.59 Å². The Kier molecular flexibility index (Phi) is 7.61. The lowest BCUT2D eigenvalue weighted by atomic mass is 10.2. The Balaban J connectivity index is 1.40. The summed E-state index contributed by atoms with van der Waals surface area (Å²) in [4.78, 5) is 31.8. The number of amides is 1. The topological polar surface area (TPSA) is 145 Å². The molecule has 1 amide bonds. The molecule has 0 saturated carbocycles. The molecule has 0 aliphatic rings. The summed E-state index contributed by atoms with van der Waals surface area (Å²) in [6, 6.07) is 15.5. The van der Waals surface area contributed by atoms with E-state index in [-0.39, 0.29) is 17.3 Å². The van der Waals surface area contributed by atoms with Gasteiger partial charge in [-0.1, -0.05) is 28.9 Å². The van der Waals surface area contributed by atoms with Gasteiger partial charge in [-0.2, -0.15) is 4.98 Å². The third-order valence-electron chi connectivity index (χ3n) is 4.37. The number of hydrogen-bond donors (Lipinski definition) is 2. The van der Waals surface area contributed by atoms with E-state index in [1.807, 2.05) is 12.1 Å². The molecule has 2 aromatic carbocycles. The maximum Gasteiger partial charge on any atom is 0.265 e. The van der Waals surface area contributed by atoms with E-state index in [9.17, 15) is 9.59 Å². The van der Waals surface area contributed by atoms with Crippen molar-refractivity contribution in [3.8, 4) is 11.6 Å². The summed E-state index contributed by atoms with van der Waals surface area (Å²) in [5.41, 5.74) is 1.51. The Morgan fingerprint density at radius 3 is 2.57 bits per heavy atom. The molecule has 2 aromatic heterocycles. The minimum Gasteiger partial charge on any atom is -0.436 e. The van der Waals surface area contributed by atoms with Gasteiger partial charge in [-0.05, 0) is 47.1 Å². The standard InChI is InChI=1S/C23H17ClN6O5/c24-16-3-1-15(2-4-16)11-25-12-19(23-28-20(13-31)29-35-23)22(32)27-14-26-17-5-7-18(8-6-17)34-21-9-10-33-30-21/h1-10,12-14,25H,11H2,(H,26,27,32)/b19-12+. The maximum atomic E-state index is 12.8. The Bertz CT molecular complexity index is 1330. The zero-order valence-electron chi connectivity index (χ0n) is 17.9. The minimum atomic E-state index is -0.579. The van der Waals surface area contributed by atoms with Crippen molar-refractivity contribution in [2.45, 2.75) is 6.54 Å². The number of carbonyl (C=O) groups is 2. The van der Waals surface area contributed by atoms with Crippen LogP contribution in [0.5, 0.6) is 11.6 Å². The Morgan fingerprint density at radius 2 is 1.89 bits per heavy atom. The molecule has 0 atom stereocenters. The van der Waals surface area contributed by atoms with E-state index in [2.05, 4.69) is 30.9 Å². The highest BCUT2D eigenvalue weighted by Crippen LogP contribution is 2.22. The molecule has 11 nitrogen and oxygen atoms in total. The SMILES string of the molecule is O=Cc1noc(/C(=C/NCc2ccc(Cl)cc2)C(=O)NC=Nc2ccc(Oc3ccon3)cc2)n1. The van der Waals surface area contributed by atoms with Crippen molar-refractivity contribution in [3.05, 3.63) is 89.4 Å². The van der Waals surface area contributed by atoms with Crippen LogP contribution in [-0.4, -0.2) is 33.8 Å². The van der Waals surface area contributed by atoms with Gasteiger partial charge in [0.05, 0.1) is 12.0 Å². The van der Waals surface area contributed by atoms with Crippen molar-refractivity contribution in [2.24, 2.45) is 4.99 Å². The van der Waals surface area contributed by atoms with Gasteiger partial charge >= 0.3 is 0 Å². The fourth-order valence-electron chi connectivity index (χ4n) is 2.71. The van der Waals surface area contributed by atoms with Crippen molar-refractivity contribution in [3.63, 3.8) is 0 Å². The van der Waals surface area contributed by atoms with E-state index < -0.39 is 5.91 Å². The van der Waals surface area contributed by atoms with Gasteiger partial charge in [0.1, 0.15) is 17.6 Å². The Labute approximate surface area is 203 Å². The molecule has 0 bridgehead atoms. The Hall–Kier alpha value is -4.77. The quantitative estimate of drug-likeness (QED) is 0.145. The summed E-state index contributed by atoms with van der Waals surface area (Å²) < 4.78 is 15.2. The lowest BCUT2D eigenvalue weighted by Gasteiger charge is -2.05. The van der Waals surface area contributed by atoms with Crippen molar-refractivity contribution in [1.82, 2.24) is 25.9 Å². The van der Waals surface area contributed by atoms with E-state index in [1.54, 1.807) is 42.5 Å². The number of benzene rings is 2. The normalized spacial score (nSPS) is 11.4. The lowest BCUT2D eigenvalue weighted by molar-refractivity contribution is -0.114. The van der Waals surface area contributed by atoms with Crippen LogP contribution in [0.4, 0.5) is 5.69 Å². The number of halogens is 1. The first kappa shape index (κ1) is 23.4. The summed E-state index contributed by atoms with van der Waals surface area (Å²) in [6.07, 6.45) is 4.46. The van der Waals surface area contributed by atoms with Crippen LogP contribution in [0.15, 0.2) is 81.1 Å². The molecule has 176 valence electrons. The molecule has 4 aromatic rings. The first-order valence-corrected chi connectivity index (χ1v) is 10.5. The second-order valence-electron chi connectivity index (χ2n) is 6.81. The fraction of sp³-hybridized carbons (Fsp3) is 0.0435. The van der Waals surface area contributed by atoms with Crippen LogP contribution < -0.4 is 15.4 Å². The third kappa shape index (κ3) is 6.62. The van der Waals surface area contributed by atoms with Crippen molar-refractivity contribution in [2.75, 3.05) is 0 Å². The molecule has 0 spiro atoms.